The molecule has 20 heavy (non-hydrogen) atoms. The van der Waals surface area contributed by atoms with Crippen molar-refractivity contribution in [3.8, 4) is 5.75 Å². The number of hydrogen-bond donors (Lipinski definition) is 0. The lowest BCUT2D eigenvalue weighted by molar-refractivity contribution is -0.306. The molecule has 1 atom stereocenters. The van der Waals surface area contributed by atoms with Gasteiger partial charge in [0.25, 0.3) is 0 Å². The molecule has 0 aromatic heterocycles. The topological polar surface area (TPSA) is 49.4 Å². The molecule has 0 radical (unpaired) electrons. The summed E-state index contributed by atoms with van der Waals surface area (Å²) in [5.74, 6) is -1.45. The molecule has 0 fully saturated rings. The first-order chi connectivity index (χ1) is 9.52. The highest BCUT2D eigenvalue weighted by Crippen LogP contribution is 2.32. The second-order valence-electron chi connectivity index (χ2n) is 4.19. The van der Waals surface area contributed by atoms with E-state index in [2.05, 4.69) is 15.9 Å². The Bertz CT molecular complexity index is 626. The highest BCUT2D eigenvalue weighted by atomic mass is 79.9. The van der Waals surface area contributed by atoms with Gasteiger partial charge in [-0.15, -0.1) is 0 Å². The Morgan fingerprint density at radius 3 is 2.40 bits per heavy atom. The van der Waals surface area contributed by atoms with Crippen molar-refractivity contribution in [2.75, 3.05) is 7.11 Å². The molecule has 0 saturated heterocycles. The Morgan fingerprint density at radius 1 is 1.25 bits per heavy atom. The Balaban J connectivity index is 2.47. The molecule has 0 heterocycles. The lowest BCUT2D eigenvalue weighted by atomic mass is 9.91. The van der Waals surface area contributed by atoms with Crippen molar-refractivity contribution in [1.29, 1.82) is 0 Å². The monoisotopic (exact) mass is 353 g/mol. The van der Waals surface area contributed by atoms with Crippen LogP contribution in [0.15, 0.2) is 46.9 Å². The molecule has 3 nitrogen and oxygen atoms in total. The maximum Gasteiger partial charge on any atom is 0.118 e. The number of benzene rings is 2. The molecule has 0 aliphatic heterocycles. The summed E-state index contributed by atoms with van der Waals surface area (Å²) in [5.41, 5.74) is 1.09. The zero-order valence-corrected chi connectivity index (χ0v) is 12.9. The van der Waals surface area contributed by atoms with Crippen LogP contribution in [0.2, 0.25) is 5.02 Å². The van der Waals surface area contributed by atoms with Crippen LogP contribution in [0.5, 0.6) is 5.75 Å². The van der Waals surface area contributed by atoms with E-state index < -0.39 is 11.9 Å². The van der Waals surface area contributed by atoms with Crippen molar-refractivity contribution in [2.45, 2.75) is 5.92 Å². The van der Waals surface area contributed by atoms with Gasteiger partial charge in [-0.2, -0.15) is 0 Å². The summed E-state index contributed by atoms with van der Waals surface area (Å²) in [6, 6.07) is 11.9. The Labute approximate surface area is 130 Å². The number of carbonyl (C=O) groups excluding carboxylic acids is 1. The number of aliphatic carboxylic acids is 1. The number of rotatable bonds is 4. The van der Waals surface area contributed by atoms with Gasteiger partial charge in [-0.3, -0.25) is 0 Å². The van der Waals surface area contributed by atoms with Gasteiger partial charge in [0.05, 0.1) is 19.0 Å². The molecule has 0 amide bonds. The predicted octanol–water partition coefficient (Wildman–Crippen LogP) is 2.99. The highest BCUT2D eigenvalue weighted by molar-refractivity contribution is 9.10. The molecular formula is C15H11BrClO3-. The molecule has 2 rings (SSSR count). The molecule has 1 unspecified atom stereocenters. The van der Waals surface area contributed by atoms with Gasteiger partial charge in [0.2, 0.25) is 0 Å². The molecule has 0 saturated carbocycles. The Morgan fingerprint density at radius 2 is 1.90 bits per heavy atom. The second-order valence-corrected chi connectivity index (χ2v) is 5.51. The first kappa shape index (κ1) is 14.9. The van der Waals surface area contributed by atoms with Crippen LogP contribution in [0.1, 0.15) is 17.0 Å². The van der Waals surface area contributed by atoms with Crippen LogP contribution in [0, 0.1) is 0 Å². The smallest absolute Gasteiger partial charge is 0.118 e. The fourth-order valence-electron chi connectivity index (χ4n) is 1.97. The zero-order valence-electron chi connectivity index (χ0n) is 10.6. The minimum atomic E-state index is -1.20. The van der Waals surface area contributed by atoms with Crippen LogP contribution < -0.4 is 9.84 Å². The molecule has 0 spiro atoms. The van der Waals surface area contributed by atoms with Gasteiger partial charge in [-0.25, -0.2) is 0 Å². The average Bonchev–Trinajstić information content (AvgIpc) is 2.42. The maximum atomic E-state index is 11.5. The van der Waals surface area contributed by atoms with Crippen LogP contribution in [-0.2, 0) is 4.79 Å². The number of carbonyl (C=O) groups is 1. The van der Waals surface area contributed by atoms with Crippen molar-refractivity contribution in [3.05, 3.63) is 63.1 Å². The number of carboxylic acids is 1. The molecule has 2 aromatic carbocycles. The second kappa shape index (κ2) is 6.29. The minimum absolute atomic E-state index is 0.379. The van der Waals surface area contributed by atoms with E-state index in [1.54, 1.807) is 49.6 Å². The quantitative estimate of drug-likeness (QED) is 0.848. The molecule has 0 aliphatic rings. The molecule has 2 aromatic rings. The van der Waals surface area contributed by atoms with Crippen LogP contribution in [-0.4, -0.2) is 13.1 Å². The fourth-order valence-corrected chi connectivity index (χ4v) is 2.76. The maximum absolute atomic E-state index is 11.5. The predicted molar refractivity (Wildman–Crippen MR) is 79.0 cm³/mol. The summed E-state index contributed by atoms with van der Waals surface area (Å²) in [5, 5.41) is 11.9. The normalized spacial score (nSPS) is 11.9. The van der Waals surface area contributed by atoms with Gasteiger partial charge in [0.1, 0.15) is 5.75 Å². The number of carboxylic acid groups (broad SMARTS) is 1. The molecule has 0 bridgehead atoms. The third kappa shape index (κ3) is 3.14. The SMILES string of the molecule is COc1ccc(C(C(=O)[O-])c2ccc(Br)cc2Cl)cc1. The van der Waals surface area contributed by atoms with Gasteiger partial charge in [-0.1, -0.05) is 45.7 Å². The fraction of sp³-hybridized carbons (Fsp3) is 0.133. The summed E-state index contributed by atoms with van der Waals surface area (Å²) in [4.78, 5) is 11.5. The first-order valence-electron chi connectivity index (χ1n) is 5.82. The van der Waals surface area contributed by atoms with Crippen LogP contribution >= 0.6 is 27.5 Å². The Hall–Kier alpha value is -1.52. The minimum Gasteiger partial charge on any atom is -0.549 e. The van der Waals surface area contributed by atoms with E-state index in [1.165, 1.54) is 0 Å². The summed E-state index contributed by atoms with van der Waals surface area (Å²) in [6.07, 6.45) is 0. The average molecular weight is 355 g/mol. The van der Waals surface area contributed by atoms with Gasteiger partial charge in [0, 0.05) is 9.50 Å². The van der Waals surface area contributed by atoms with Crippen LogP contribution in [0.3, 0.4) is 0 Å². The molecule has 104 valence electrons. The van der Waals surface area contributed by atoms with Crippen molar-refractivity contribution >= 4 is 33.5 Å². The van der Waals surface area contributed by atoms with E-state index in [0.717, 1.165) is 4.47 Å². The molecule has 0 N–H and O–H groups in total. The largest absolute Gasteiger partial charge is 0.549 e. The van der Waals surface area contributed by atoms with E-state index in [9.17, 15) is 9.90 Å². The number of hydrogen-bond acceptors (Lipinski definition) is 3. The van der Waals surface area contributed by atoms with Crippen molar-refractivity contribution in [1.82, 2.24) is 0 Å². The third-order valence-corrected chi connectivity index (χ3v) is 3.78. The van der Waals surface area contributed by atoms with Crippen LogP contribution in [0.4, 0.5) is 0 Å². The van der Waals surface area contributed by atoms with E-state index in [-0.39, 0.29) is 0 Å². The third-order valence-electron chi connectivity index (χ3n) is 2.96. The lowest BCUT2D eigenvalue weighted by Crippen LogP contribution is -2.30. The standard InChI is InChI=1S/C15H12BrClO3/c1-20-11-5-2-9(3-6-11)14(15(18)19)12-7-4-10(16)8-13(12)17/h2-8,14H,1H3,(H,18,19)/p-1. The van der Waals surface area contributed by atoms with Crippen molar-refractivity contribution < 1.29 is 14.6 Å². The van der Waals surface area contributed by atoms with Gasteiger partial charge in [0.15, 0.2) is 0 Å². The van der Waals surface area contributed by atoms with Gasteiger partial charge < -0.3 is 14.6 Å². The molecule has 5 heteroatoms. The van der Waals surface area contributed by atoms with Crippen LogP contribution in [0.25, 0.3) is 0 Å². The lowest BCUT2D eigenvalue weighted by Gasteiger charge is -2.20. The summed E-state index contributed by atoms with van der Waals surface area (Å²) in [7, 11) is 1.55. The van der Waals surface area contributed by atoms with E-state index >= 15 is 0 Å². The summed E-state index contributed by atoms with van der Waals surface area (Å²) in [6.45, 7) is 0. The first-order valence-corrected chi connectivity index (χ1v) is 6.99. The van der Waals surface area contributed by atoms with Crippen molar-refractivity contribution in [2.24, 2.45) is 0 Å². The molecule has 0 aliphatic carbocycles. The summed E-state index contributed by atoms with van der Waals surface area (Å²) >= 11 is 9.42. The number of methoxy groups -OCH3 is 1. The van der Waals surface area contributed by atoms with Gasteiger partial charge >= 0.3 is 0 Å². The number of halogens is 2. The van der Waals surface area contributed by atoms with Crippen molar-refractivity contribution in [3.63, 3.8) is 0 Å². The van der Waals surface area contributed by atoms with E-state index in [4.69, 9.17) is 16.3 Å². The Kier molecular flexibility index (Phi) is 4.68. The molecular weight excluding hydrogens is 344 g/mol. The van der Waals surface area contributed by atoms with E-state index in [1.807, 2.05) is 0 Å². The number of ether oxygens (including phenoxy) is 1. The van der Waals surface area contributed by atoms with E-state index in [0.29, 0.717) is 21.9 Å². The van der Waals surface area contributed by atoms with Gasteiger partial charge in [-0.05, 0) is 35.4 Å². The summed E-state index contributed by atoms with van der Waals surface area (Å²) < 4.78 is 5.85. The highest BCUT2D eigenvalue weighted by Gasteiger charge is 2.18. The zero-order chi connectivity index (χ0) is 14.7.